The van der Waals surface area contributed by atoms with E-state index in [4.69, 9.17) is 4.98 Å². The van der Waals surface area contributed by atoms with Crippen molar-refractivity contribution in [2.75, 3.05) is 0 Å². The van der Waals surface area contributed by atoms with Crippen molar-refractivity contribution in [3.05, 3.63) is 72.6 Å². The van der Waals surface area contributed by atoms with Crippen molar-refractivity contribution >= 4 is 16.8 Å². The van der Waals surface area contributed by atoms with Crippen LogP contribution in [0.4, 0.5) is 0 Å². The Morgan fingerprint density at radius 2 is 1.68 bits per heavy atom. The van der Waals surface area contributed by atoms with Gasteiger partial charge in [0.1, 0.15) is 19.8 Å². The summed E-state index contributed by atoms with van der Waals surface area (Å²) in [5, 5.41) is 0. The van der Waals surface area contributed by atoms with E-state index in [1.54, 1.807) is 0 Å². The number of aromatic nitrogens is 5. The fourth-order valence-corrected chi connectivity index (χ4v) is 3.98. The minimum atomic E-state index is 0.947. The maximum atomic E-state index is 4.81. The molecule has 138 valence electrons. The Morgan fingerprint density at radius 3 is 2.54 bits per heavy atom. The minimum Gasteiger partial charge on any atom is -0.308 e. The van der Waals surface area contributed by atoms with Gasteiger partial charge in [0.05, 0.1) is 11.0 Å². The van der Waals surface area contributed by atoms with E-state index in [9.17, 15) is 0 Å². The van der Waals surface area contributed by atoms with Gasteiger partial charge < -0.3 is 4.57 Å². The Kier molecular flexibility index (Phi) is 3.59. The van der Waals surface area contributed by atoms with Gasteiger partial charge >= 0.3 is 0 Å². The summed E-state index contributed by atoms with van der Waals surface area (Å²) in [5.41, 5.74) is 8.04. The first kappa shape index (κ1) is 16.7. The molecule has 4 aromatic heterocycles. The Morgan fingerprint density at radius 1 is 0.893 bits per heavy atom. The summed E-state index contributed by atoms with van der Waals surface area (Å²) >= 11 is 0. The Labute approximate surface area is 163 Å². The van der Waals surface area contributed by atoms with E-state index in [-0.39, 0.29) is 0 Å². The molecule has 5 rings (SSSR count). The number of hydrogen-bond donors (Lipinski definition) is 0. The van der Waals surface area contributed by atoms with Gasteiger partial charge in [-0.1, -0.05) is 12.1 Å². The first-order valence-corrected chi connectivity index (χ1v) is 9.43. The average molecular weight is 369 g/mol. The van der Waals surface area contributed by atoms with Crippen molar-refractivity contribution < 1.29 is 9.13 Å². The first-order chi connectivity index (χ1) is 13.5. The molecule has 0 saturated heterocycles. The lowest BCUT2D eigenvalue weighted by Crippen LogP contribution is -2.40. The Balaban J connectivity index is 1.74. The number of nitrogens with zero attached hydrogens (tertiary/aromatic N) is 5. The first-order valence-electron chi connectivity index (χ1n) is 9.43. The fraction of sp³-hybridized carbons (Fsp3) is 0.174. The second kappa shape index (κ2) is 6.02. The number of rotatable bonds is 2. The zero-order chi connectivity index (χ0) is 19.4. The lowest BCUT2D eigenvalue weighted by atomic mass is 10.1. The molecule has 5 nitrogen and oxygen atoms in total. The molecule has 0 fully saturated rings. The molecule has 0 bridgehead atoms. The highest BCUT2D eigenvalue weighted by atomic mass is 15.2. The topological polar surface area (TPSA) is 30.0 Å². The van der Waals surface area contributed by atoms with Crippen LogP contribution in [0.15, 0.2) is 67.0 Å². The normalized spacial score (nSPS) is 11.6. The lowest BCUT2D eigenvalue weighted by molar-refractivity contribution is -0.685. The maximum absolute atomic E-state index is 4.81. The molecule has 0 spiro atoms. The lowest BCUT2D eigenvalue weighted by Gasteiger charge is -2.05. The summed E-state index contributed by atoms with van der Waals surface area (Å²) in [7, 11) is 6.29. The van der Waals surface area contributed by atoms with Crippen molar-refractivity contribution in [3.63, 3.8) is 0 Å². The number of hydrogen-bond acceptors (Lipinski definition) is 1. The van der Waals surface area contributed by atoms with Gasteiger partial charge in [0, 0.05) is 37.5 Å². The highest BCUT2D eigenvalue weighted by Gasteiger charge is 2.25. The molecule has 0 aliphatic carbocycles. The summed E-state index contributed by atoms with van der Waals surface area (Å²) in [4.78, 5) is 4.81. The molecule has 0 unspecified atom stereocenters. The van der Waals surface area contributed by atoms with Crippen molar-refractivity contribution in [2.45, 2.75) is 6.92 Å². The van der Waals surface area contributed by atoms with Gasteiger partial charge in [-0.3, -0.25) is 4.40 Å². The zero-order valence-electron chi connectivity index (χ0n) is 16.6. The summed E-state index contributed by atoms with van der Waals surface area (Å²) in [5.74, 6) is 0.947. The fourth-order valence-electron chi connectivity index (χ4n) is 3.98. The standard InChI is InChI=1S/C23H23N5/c1-16-12-13-25(2)21(14-16)19-10-7-11-20(26(19)3)22-15-28-18-9-6-5-8-17(18)24-23(28)27(22)4/h5-15H,1-4H3/q+2. The van der Waals surface area contributed by atoms with Crippen LogP contribution in [0.3, 0.4) is 0 Å². The molecule has 28 heavy (non-hydrogen) atoms. The molecule has 0 amide bonds. The minimum absolute atomic E-state index is 0.947. The molecular weight excluding hydrogens is 346 g/mol. The average Bonchev–Trinajstić information content (AvgIpc) is 3.21. The van der Waals surface area contributed by atoms with E-state index in [0.29, 0.717) is 0 Å². The number of aryl methyl sites for hydroxylation is 3. The van der Waals surface area contributed by atoms with Gasteiger partial charge in [-0.05, 0) is 30.7 Å². The monoisotopic (exact) mass is 369 g/mol. The Hall–Kier alpha value is -3.47. The molecule has 0 aliphatic rings. The van der Waals surface area contributed by atoms with Gasteiger partial charge in [0.2, 0.25) is 11.5 Å². The maximum Gasteiger partial charge on any atom is 0.277 e. The summed E-state index contributed by atoms with van der Waals surface area (Å²) in [6.07, 6.45) is 4.29. The highest BCUT2D eigenvalue weighted by molar-refractivity contribution is 5.81. The molecule has 4 heterocycles. The summed E-state index contributed by atoms with van der Waals surface area (Å²) in [6.45, 7) is 2.13. The number of imidazole rings is 2. The van der Waals surface area contributed by atoms with Crippen LogP contribution in [-0.2, 0) is 21.1 Å². The van der Waals surface area contributed by atoms with Crippen molar-refractivity contribution in [3.8, 4) is 22.8 Å². The van der Waals surface area contributed by atoms with Crippen LogP contribution in [0.1, 0.15) is 5.56 Å². The van der Waals surface area contributed by atoms with E-state index < -0.39 is 0 Å². The molecule has 0 radical (unpaired) electrons. The number of fused-ring (bicyclic) bond motifs is 3. The van der Waals surface area contributed by atoms with E-state index in [1.807, 2.05) is 6.07 Å². The SMILES string of the molecule is Cc1cc[n+](C)c(-c2cccc(-c3cn4c5ccccc5nc4n3C)[n+]2C)c1. The highest BCUT2D eigenvalue weighted by Crippen LogP contribution is 2.25. The van der Waals surface area contributed by atoms with Crippen LogP contribution in [0.2, 0.25) is 0 Å². The predicted octanol–water partition coefficient (Wildman–Crippen LogP) is 3.12. The van der Waals surface area contributed by atoms with Gasteiger partial charge in [-0.25, -0.2) is 4.98 Å². The van der Waals surface area contributed by atoms with E-state index >= 15 is 0 Å². The third-order valence-corrected chi connectivity index (χ3v) is 5.55. The molecule has 5 aromatic rings. The van der Waals surface area contributed by atoms with Gasteiger partial charge in [-0.15, -0.1) is 0 Å². The smallest absolute Gasteiger partial charge is 0.277 e. The molecule has 0 atom stereocenters. The second-order valence-electron chi connectivity index (χ2n) is 7.40. The molecular formula is C23H23N5+2. The van der Waals surface area contributed by atoms with Gasteiger partial charge in [-0.2, -0.15) is 9.13 Å². The third kappa shape index (κ3) is 2.36. The number of pyridine rings is 2. The van der Waals surface area contributed by atoms with Gasteiger partial charge in [0.25, 0.3) is 11.4 Å². The van der Waals surface area contributed by atoms with Crippen LogP contribution in [0.25, 0.3) is 39.6 Å². The van der Waals surface area contributed by atoms with Crippen LogP contribution < -0.4 is 9.13 Å². The molecule has 0 aliphatic heterocycles. The molecule has 0 saturated carbocycles. The molecule has 0 N–H and O–H groups in total. The van der Waals surface area contributed by atoms with E-state index in [2.05, 4.69) is 107 Å². The van der Waals surface area contributed by atoms with Crippen molar-refractivity contribution in [2.24, 2.45) is 21.1 Å². The molecule has 5 heteroatoms. The van der Waals surface area contributed by atoms with E-state index in [1.165, 1.54) is 17.0 Å². The number of benzene rings is 1. The largest absolute Gasteiger partial charge is 0.308 e. The van der Waals surface area contributed by atoms with Crippen LogP contribution in [0.5, 0.6) is 0 Å². The Bertz CT molecular complexity index is 1360. The number of para-hydroxylation sites is 2. The second-order valence-corrected chi connectivity index (χ2v) is 7.40. The summed E-state index contributed by atoms with van der Waals surface area (Å²) in [6, 6.07) is 19.1. The van der Waals surface area contributed by atoms with Crippen molar-refractivity contribution in [1.29, 1.82) is 0 Å². The van der Waals surface area contributed by atoms with Gasteiger partial charge in [0.15, 0.2) is 6.20 Å². The molecule has 1 aromatic carbocycles. The van der Waals surface area contributed by atoms with Crippen LogP contribution in [-0.4, -0.2) is 14.0 Å². The predicted molar refractivity (Wildman–Crippen MR) is 110 cm³/mol. The zero-order valence-corrected chi connectivity index (χ0v) is 16.6. The third-order valence-electron chi connectivity index (χ3n) is 5.55. The van der Waals surface area contributed by atoms with E-state index in [0.717, 1.165) is 28.2 Å². The summed E-state index contributed by atoms with van der Waals surface area (Å²) < 4.78 is 8.75. The quantitative estimate of drug-likeness (QED) is 0.440. The van der Waals surface area contributed by atoms with Crippen molar-refractivity contribution in [1.82, 2.24) is 14.0 Å². The van der Waals surface area contributed by atoms with Crippen LogP contribution in [0, 0.1) is 6.92 Å². The van der Waals surface area contributed by atoms with Crippen LogP contribution >= 0.6 is 0 Å².